The lowest BCUT2D eigenvalue weighted by atomic mass is 10.4. The minimum Gasteiger partial charge on any atom is -0.416 e. The molecule has 16 heteroatoms. The Balaban J connectivity index is 7.29. The van der Waals surface area contributed by atoms with Gasteiger partial charge >= 0.3 is 42.8 Å². The summed E-state index contributed by atoms with van der Waals surface area (Å²) in [7, 11) is -13.9. The first-order valence-electron chi connectivity index (χ1n) is 25.1. The third-order valence-corrected chi connectivity index (χ3v) is 34.5. The van der Waals surface area contributed by atoms with Crippen LogP contribution in [0.3, 0.4) is 0 Å². The summed E-state index contributed by atoms with van der Waals surface area (Å²) in [4.78, 5) is 12.6. The maximum atomic E-state index is 7.87. The minimum absolute atomic E-state index is 0.660. The lowest BCUT2D eigenvalue weighted by Crippen LogP contribution is -2.63. The molecule has 0 N–H and O–H groups in total. The predicted molar refractivity (Wildman–Crippen MR) is 272 cm³/mol. The van der Waals surface area contributed by atoms with Crippen LogP contribution in [0, 0.1) is 0 Å². The number of hydrogen-bond donors (Lipinski definition) is 0. The maximum absolute atomic E-state index is 7.87. The number of nitrogens with zero attached hydrogens (tertiary/aromatic N) is 5. The third-order valence-electron chi connectivity index (χ3n) is 12.6. The normalized spacial score (nSPS) is 17.7. The summed E-state index contributed by atoms with van der Waals surface area (Å²) in [5.74, 6) is 0. The fourth-order valence-corrected chi connectivity index (χ4v) is 34.4. The zero-order chi connectivity index (χ0) is 45.7. The van der Waals surface area contributed by atoms with Gasteiger partial charge in [-0.3, -0.25) is 0 Å². The predicted octanol–water partition coefficient (Wildman–Crippen LogP) is 10.1. The molecule has 0 aliphatic carbocycles. The second-order valence-electron chi connectivity index (χ2n) is 17.6. The molecule has 4 unspecified atom stereocenters. The highest BCUT2D eigenvalue weighted by molar-refractivity contribution is 6.90. The van der Waals surface area contributed by atoms with Crippen LogP contribution in [0.15, 0.2) is 0 Å². The number of hydrogen-bond acceptors (Lipinski definition) is 11. The van der Waals surface area contributed by atoms with Crippen LogP contribution >= 0.6 is 0 Å². The Morgan fingerprint density at radius 2 is 0.433 bits per heavy atom. The van der Waals surface area contributed by atoms with Crippen molar-refractivity contribution in [3.05, 3.63) is 0 Å². The highest BCUT2D eigenvalue weighted by Crippen LogP contribution is 2.36. The van der Waals surface area contributed by atoms with Crippen LogP contribution in [0.25, 0.3) is 0 Å². The van der Waals surface area contributed by atoms with Gasteiger partial charge in [0, 0.05) is 13.2 Å². The van der Waals surface area contributed by atoms with Crippen molar-refractivity contribution in [3.8, 4) is 0 Å². The van der Waals surface area contributed by atoms with E-state index in [1.54, 1.807) is 0 Å². The van der Waals surface area contributed by atoms with E-state index in [0.29, 0.717) is 13.2 Å². The van der Waals surface area contributed by atoms with Crippen molar-refractivity contribution in [2.45, 2.75) is 178 Å². The van der Waals surface area contributed by atoms with E-state index in [1.807, 2.05) is 0 Å². The Hall–Kier alpha value is 0.644. The van der Waals surface area contributed by atoms with Crippen molar-refractivity contribution >= 4 is 42.8 Å². The van der Waals surface area contributed by atoms with Gasteiger partial charge < -0.3 is 49.8 Å². The van der Waals surface area contributed by atoms with Gasteiger partial charge in [-0.15, -0.1) is 0 Å². The molecule has 0 bridgehead atoms. The Morgan fingerprint density at radius 3 is 0.600 bits per heavy atom. The molecular weight excluding hydrogens is 835 g/mol. The smallest absolute Gasteiger partial charge is 0.326 e. The van der Waals surface area contributed by atoms with Crippen molar-refractivity contribution in [1.29, 1.82) is 0 Å². The summed E-state index contributed by atoms with van der Waals surface area (Å²) in [6.07, 6.45) is 5.27. The first-order valence-corrected chi connectivity index (χ1v) is 37.7. The first kappa shape index (κ1) is 60.6. The summed E-state index contributed by atoms with van der Waals surface area (Å²) < 4.78 is 44.4. The molecule has 0 aliphatic rings. The van der Waals surface area contributed by atoms with Gasteiger partial charge in [0.05, 0.1) is 0 Å². The van der Waals surface area contributed by atoms with Crippen LogP contribution in [-0.2, 0) is 25.3 Å². The quantitative estimate of drug-likeness (QED) is 0.0550. The number of rotatable bonds is 42. The van der Waals surface area contributed by atoms with E-state index in [0.717, 1.165) is 160 Å². The summed E-state index contributed by atoms with van der Waals surface area (Å²) in [5.41, 5.74) is 0. The third kappa shape index (κ3) is 25.4. The largest absolute Gasteiger partial charge is 0.416 e. The molecule has 0 aromatic rings. The van der Waals surface area contributed by atoms with E-state index in [2.05, 4.69) is 140 Å². The van der Waals surface area contributed by atoms with Crippen LogP contribution in [0.5, 0.6) is 0 Å². The topological polar surface area (TPSA) is 71.6 Å². The van der Waals surface area contributed by atoms with Gasteiger partial charge in [0.2, 0.25) is 0 Å². The molecule has 0 fully saturated rings. The molecule has 0 saturated carbocycles. The lowest BCUT2D eigenvalue weighted by molar-refractivity contribution is 0.204. The zero-order valence-corrected chi connectivity index (χ0v) is 48.3. The molecule has 362 valence electrons. The molecule has 0 rings (SSSR count). The monoisotopic (exact) mass is 940 g/mol. The lowest BCUT2D eigenvalue weighted by Gasteiger charge is -2.46. The Morgan fingerprint density at radius 1 is 0.267 bits per heavy atom. The molecule has 0 heterocycles. The fraction of sp³-hybridized carbons (Fsp3) is 1.00. The Kier molecular flexibility index (Phi) is 33.5. The van der Waals surface area contributed by atoms with Crippen LogP contribution in [0.4, 0.5) is 0 Å². The van der Waals surface area contributed by atoms with E-state index in [9.17, 15) is 0 Å². The van der Waals surface area contributed by atoms with Crippen molar-refractivity contribution in [2.24, 2.45) is 0 Å². The SMILES string of the molecule is CCO[Si](C)(CCCN(CC)CC)O[Si](C)(CCCN(CC)CC)O[Si](C)(CCCN(CC)CC)O[Si](C)(CCCN(CC)CC)O[Si](C)(CCCN(CC)CC)OCC. The Labute approximate surface area is 380 Å². The van der Waals surface area contributed by atoms with Gasteiger partial charge in [-0.05, 0) is 207 Å². The minimum atomic E-state index is -2.93. The average Bonchev–Trinajstić information content (AvgIpc) is 3.20. The summed E-state index contributed by atoms with van der Waals surface area (Å²) in [6, 6.07) is 4.70. The molecule has 4 atom stereocenters. The van der Waals surface area contributed by atoms with Crippen molar-refractivity contribution in [1.82, 2.24) is 24.5 Å². The van der Waals surface area contributed by atoms with Crippen LogP contribution in [-0.4, -0.2) is 179 Å². The zero-order valence-electron chi connectivity index (χ0n) is 43.3. The van der Waals surface area contributed by atoms with E-state index in [4.69, 9.17) is 25.3 Å². The first-order chi connectivity index (χ1) is 28.4. The van der Waals surface area contributed by atoms with Crippen molar-refractivity contribution in [2.75, 3.05) is 111 Å². The average molecular weight is 941 g/mol. The van der Waals surface area contributed by atoms with Gasteiger partial charge in [0.1, 0.15) is 0 Å². The molecule has 60 heavy (non-hydrogen) atoms. The molecule has 0 aromatic heterocycles. The van der Waals surface area contributed by atoms with Gasteiger partial charge in [-0.2, -0.15) is 0 Å². The van der Waals surface area contributed by atoms with E-state index in [1.165, 1.54) is 0 Å². The van der Waals surface area contributed by atoms with Crippen molar-refractivity contribution in [3.63, 3.8) is 0 Å². The molecule has 0 saturated heterocycles. The fourth-order valence-electron chi connectivity index (χ4n) is 8.93. The van der Waals surface area contributed by atoms with E-state index >= 15 is 0 Å². The van der Waals surface area contributed by atoms with Crippen LogP contribution < -0.4 is 0 Å². The second kappa shape index (κ2) is 33.2. The van der Waals surface area contributed by atoms with Gasteiger partial charge in [-0.1, -0.05) is 69.2 Å². The molecule has 0 amide bonds. The maximum Gasteiger partial charge on any atom is 0.326 e. The van der Waals surface area contributed by atoms with Crippen molar-refractivity contribution < 1.29 is 25.3 Å². The van der Waals surface area contributed by atoms with E-state index < -0.39 is 42.8 Å². The van der Waals surface area contributed by atoms with Gasteiger partial charge in [0.15, 0.2) is 0 Å². The standard InChI is InChI=1S/C44H105N5O6Si5/c1-18-45(19-2)35-30-40-56(13,50-28-11)52-58(15,42-32-37-47(22-5)23-6)54-60(17,44-34-39-49(26-9)27-10)55-59(16,43-33-38-48(24-7)25-8)53-57(14,51-29-12)41-31-36-46(20-3)21-4/h18-44H2,1-17H3. The molecular formula is C44H105N5O6Si5. The Bertz CT molecular complexity index is 968. The summed E-state index contributed by atoms with van der Waals surface area (Å²) in [5, 5.41) is 0. The van der Waals surface area contributed by atoms with Gasteiger partial charge in [-0.25, -0.2) is 0 Å². The molecule has 0 spiro atoms. The highest BCUT2D eigenvalue weighted by atomic mass is 28.5. The second-order valence-corrected chi connectivity index (χ2v) is 35.3. The van der Waals surface area contributed by atoms with Gasteiger partial charge in [0.25, 0.3) is 0 Å². The summed E-state index contributed by atoms with van der Waals surface area (Å²) in [6.45, 7) is 55.8. The molecule has 0 aromatic carbocycles. The molecule has 0 aliphatic heterocycles. The van der Waals surface area contributed by atoms with Crippen LogP contribution in [0.1, 0.15) is 115 Å². The van der Waals surface area contributed by atoms with Crippen LogP contribution in [0.2, 0.25) is 63.0 Å². The highest BCUT2D eigenvalue weighted by Gasteiger charge is 2.53. The molecule has 0 radical (unpaired) electrons. The van der Waals surface area contributed by atoms with E-state index in [-0.39, 0.29) is 0 Å². The summed E-state index contributed by atoms with van der Waals surface area (Å²) >= 11 is 0. The molecule has 11 nitrogen and oxygen atoms in total.